The number of ether oxygens (including phenoxy) is 2. The first-order valence-corrected chi connectivity index (χ1v) is 8.56. The van der Waals surface area contributed by atoms with E-state index in [9.17, 15) is 4.79 Å². The Bertz CT molecular complexity index is 952. The number of anilines is 2. The van der Waals surface area contributed by atoms with E-state index in [4.69, 9.17) is 27.4 Å². The van der Waals surface area contributed by atoms with Crippen LogP contribution in [0.3, 0.4) is 0 Å². The number of nitrogen functional groups attached to an aromatic ring is 1. The lowest BCUT2D eigenvalue weighted by Crippen LogP contribution is -2.26. The Morgan fingerprint density at radius 1 is 1.38 bits per heavy atom. The summed E-state index contributed by atoms with van der Waals surface area (Å²) in [6.07, 6.45) is 0. The van der Waals surface area contributed by atoms with Crippen LogP contribution < -0.4 is 15.8 Å². The van der Waals surface area contributed by atoms with Crippen LogP contribution in [0.25, 0.3) is 0 Å². The summed E-state index contributed by atoms with van der Waals surface area (Å²) < 4.78 is 11.1. The molecule has 26 heavy (non-hydrogen) atoms. The van der Waals surface area contributed by atoms with Gasteiger partial charge in [0, 0.05) is 16.8 Å². The van der Waals surface area contributed by atoms with Gasteiger partial charge in [0.2, 0.25) is 0 Å². The number of carbonyl (C=O) groups excluding carboxylic acids is 1. The van der Waals surface area contributed by atoms with E-state index in [1.54, 1.807) is 6.92 Å². The molecule has 0 bridgehead atoms. The number of rotatable bonds is 4. The molecule has 3 rings (SSSR count). The molecule has 0 amide bonds. The van der Waals surface area contributed by atoms with E-state index in [2.05, 4.69) is 15.3 Å². The maximum absolute atomic E-state index is 12.6. The third-order valence-corrected chi connectivity index (χ3v) is 4.42. The van der Waals surface area contributed by atoms with Crippen molar-refractivity contribution in [3.05, 3.63) is 51.4 Å². The van der Waals surface area contributed by atoms with Gasteiger partial charge in [-0.2, -0.15) is 0 Å². The van der Waals surface area contributed by atoms with Crippen molar-refractivity contribution in [2.45, 2.75) is 19.8 Å². The van der Waals surface area contributed by atoms with Crippen LogP contribution >= 0.6 is 12.2 Å². The second kappa shape index (κ2) is 7.17. The van der Waals surface area contributed by atoms with Gasteiger partial charge in [0.15, 0.2) is 4.77 Å². The summed E-state index contributed by atoms with van der Waals surface area (Å²) in [6, 6.07) is 7.53. The van der Waals surface area contributed by atoms with Crippen molar-refractivity contribution in [2.24, 2.45) is 0 Å². The quantitative estimate of drug-likeness (QED) is 0.560. The number of fused-ring (bicyclic) bond motifs is 1. The highest BCUT2D eigenvalue weighted by molar-refractivity contribution is 7.71. The van der Waals surface area contributed by atoms with Gasteiger partial charge in [-0.1, -0.05) is 18.2 Å². The fourth-order valence-corrected chi connectivity index (χ4v) is 3.39. The Kier molecular flexibility index (Phi) is 4.94. The minimum atomic E-state index is -0.499. The molecule has 1 aliphatic rings. The molecule has 0 spiro atoms. The highest BCUT2D eigenvalue weighted by Crippen LogP contribution is 2.46. The number of carbonyl (C=O) groups is 1. The topological polar surface area (TPSA) is 102 Å². The largest absolute Gasteiger partial charge is 0.494 e. The molecule has 0 fully saturated rings. The molecule has 1 aromatic heterocycles. The second-order valence-electron chi connectivity index (χ2n) is 5.78. The first-order valence-electron chi connectivity index (χ1n) is 8.15. The molecule has 8 heteroatoms. The van der Waals surface area contributed by atoms with Gasteiger partial charge < -0.3 is 25.5 Å². The predicted molar refractivity (Wildman–Crippen MR) is 102 cm³/mol. The Balaban J connectivity index is 2.32. The number of nitrogens with zero attached hydrogens (tertiary/aromatic N) is 1. The number of para-hydroxylation sites is 1. The summed E-state index contributed by atoms with van der Waals surface area (Å²) in [5.41, 5.74) is 8.75. The molecule has 1 aromatic carbocycles. The predicted octanol–water partition coefficient (Wildman–Crippen LogP) is 3.12. The van der Waals surface area contributed by atoms with E-state index in [0.717, 1.165) is 5.56 Å². The van der Waals surface area contributed by atoms with Crippen LogP contribution in [0.15, 0.2) is 35.5 Å². The number of aromatic nitrogens is 2. The molecule has 7 nitrogen and oxygen atoms in total. The zero-order valence-corrected chi connectivity index (χ0v) is 15.6. The third kappa shape index (κ3) is 3.03. The van der Waals surface area contributed by atoms with Gasteiger partial charge in [0.05, 0.1) is 25.2 Å². The average Bonchev–Trinajstić information content (AvgIpc) is 2.60. The van der Waals surface area contributed by atoms with Crippen LogP contribution in [0, 0.1) is 4.77 Å². The molecule has 1 aliphatic heterocycles. The van der Waals surface area contributed by atoms with Gasteiger partial charge in [-0.3, -0.25) is 0 Å². The number of H-pyrrole nitrogens is 1. The summed E-state index contributed by atoms with van der Waals surface area (Å²) in [7, 11) is 1.35. The summed E-state index contributed by atoms with van der Waals surface area (Å²) in [5, 5.41) is 3.12. The molecule has 2 heterocycles. The van der Waals surface area contributed by atoms with Crippen LogP contribution in [0.4, 0.5) is 11.6 Å². The number of hydrogen-bond donors (Lipinski definition) is 3. The molecule has 0 saturated carbocycles. The summed E-state index contributed by atoms with van der Waals surface area (Å²) in [5.74, 6) is 0.592. The maximum atomic E-state index is 12.6. The summed E-state index contributed by atoms with van der Waals surface area (Å²) in [6.45, 7) is 4.20. The average molecular weight is 372 g/mol. The van der Waals surface area contributed by atoms with Gasteiger partial charge >= 0.3 is 5.97 Å². The van der Waals surface area contributed by atoms with Crippen LogP contribution in [0.5, 0.6) is 5.75 Å². The van der Waals surface area contributed by atoms with Crippen LogP contribution in [0.2, 0.25) is 0 Å². The van der Waals surface area contributed by atoms with Crippen molar-refractivity contribution in [3.8, 4) is 5.75 Å². The van der Waals surface area contributed by atoms with E-state index in [1.165, 1.54) is 7.11 Å². The first kappa shape index (κ1) is 17.9. The van der Waals surface area contributed by atoms with Crippen molar-refractivity contribution in [2.75, 3.05) is 24.8 Å². The fraction of sp³-hybridized carbons (Fsp3) is 0.278. The molecule has 0 radical (unpaired) electrons. The van der Waals surface area contributed by atoms with E-state index >= 15 is 0 Å². The van der Waals surface area contributed by atoms with Crippen molar-refractivity contribution < 1.29 is 14.3 Å². The van der Waals surface area contributed by atoms with Crippen molar-refractivity contribution >= 4 is 29.8 Å². The zero-order chi connectivity index (χ0) is 18.8. The molecule has 0 saturated heterocycles. The summed E-state index contributed by atoms with van der Waals surface area (Å²) >= 11 is 5.13. The second-order valence-corrected chi connectivity index (χ2v) is 6.16. The van der Waals surface area contributed by atoms with Crippen LogP contribution in [-0.2, 0) is 9.53 Å². The normalized spacial score (nSPS) is 15.9. The van der Waals surface area contributed by atoms with Crippen molar-refractivity contribution in [1.29, 1.82) is 0 Å². The molecular formula is C18H20N4O3S. The fourth-order valence-electron chi connectivity index (χ4n) is 3.19. The van der Waals surface area contributed by atoms with E-state index in [1.807, 2.05) is 31.2 Å². The van der Waals surface area contributed by atoms with Crippen molar-refractivity contribution in [1.82, 2.24) is 9.97 Å². The SMILES string of the molecule is CCOc1ccccc1C1C(C(=O)OC)=C(C)Nc2nc(=S)[nH]c(N)c21. The standard InChI is InChI=1S/C18H20N4O3S/c1-4-25-11-8-6-5-7-10(11)13-12(17(23)24-3)9(2)20-16-14(13)15(19)21-18(26)22-16/h5-8,13H,4H2,1-3H3,(H4,19,20,21,22,26). The third-order valence-electron chi connectivity index (χ3n) is 4.22. The lowest BCUT2D eigenvalue weighted by molar-refractivity contribution is -0.136. The van der Waals surface area contributed by atoms with E-state index in [0.29, 0.717) is 40.8 Å². The van der Waals surface area contributed by atoms with E-state index < -0.39 is 11.9 Å². The van der Waals surface area contributed by atoms with Gasteiger partial charge in [0.1, 0.15) is 17.4 Å². The van der Waals surface area contributed by atoms with Gasteiger partial charge in [0.25, 0.3) is 0 Å². The number of methoxy groups -OCH3 is 1. The molecule has 1 unspecified atom stereocenters. The van der Waals surface area contributed by atoms with Crippen LogP contribution in [0.1, 0.15) is 30.9 Å². The Labute approximate surface area is 156 Å². The minimum Gasteiger partial charge on any atom is -0.494 e. The Hall–Kier alpha value is -2.87. The highest BCUT2D eigenvalue weighted by atomic mass is 32.1. The molecule has 0 aliphatic carbocycles. The molecule has 4 N–H and O–H groups in total. The number of nitrogens with one attached hydrogen (secondary N) is 2. The first-order chi connectivity index (χ1) is 12.5. The lowest BCUT2D eigenvalue weighted by atomic mass is 9.81. The highest BCUT2D eigenvalue weighted by Gasteiger charge is 2.37. The Morgan fingerprint density at radius 2 is 2.12 bits per heavy atom. The minimum absolute atomic E-state index is 0.264. The molecule has 2 aromatic rings. The molecule has 1 atom stereocenters. The molecule has 136 valence electrons. The lowest BCUT2D eigenvalue weighted by Gasteiger charge is -2.30. The number of aromatic amines is 1. The van der Waals surface area contributed by atoms with Gasteiger partial charge in [-0.05, 0) is 32.1 Å². The van der Waals surface area contributed by atoms with Crippen LogP contribution in [-0.4, -0.2) is 29.7 Å². The van der Waals surface area contributed by atoms with Gasteiger partial charge in [-0.15, -0.1) is 0 Å². The number of benzene rings is 1. The van der Waals surface area contributed by atoms with Gasteiger partial charge in [-0.25, -0.2) is 9.78 Å². The maximum Gasteiger partial charge on any atom is 0.336 e. The summed E-state index contributed by atoms with van der Waals surface area (Å²) in [4.78, 5) is 19.8. The number of nitrogens with two attached hydrogens (primary N) is 1. The number of allylic oxidation sites excluding steroid dienone is 1. The number of esters is 1. The smallest absolute Gasteiger partial charge is 0.336 e. The molecular weight excluding hydrogens is 352 g/mol. The van der Waals surface area contributed by atoms with Crippen molar-refractivity contribution in [3.63, 3.8) is 0 Å². The zero-order valence-electron chi connectivity index (χ0n) is 14.8. The number of hydrogen-bond acceptors (Lipinski definition) is 7. The Morgan fingerprint density at radius 3 is 2.81 bits per heavy atom. The van der Waals surface area contributed by atoms with E-state index in [-0.39, 0.29) is 4.77 Å². The monoisotopic (exact) mass is 372 g/mol.